The molecule has 3 N–H and O–H groups in total. The van der Waals surface area contributed by atoms with Gasteiger partial charge in [-0.25, -0.2) is 8.42 Å². The maximum Gasteiger partial charge on any atom is 0.407 e. The number of alkyl halides is 3. The van der Waals surface area contributed by atoms with Crippen LogP contribution in [-0.4, -0.2) is 44.7 Å². The maximum absolute atomic E-state index is 12.4. The number of halogens is 3. The van der Waals surface area contributed by atoms with Gasteiger partial charge in [-0.2, -0.15) is 17.9 Å². The van der Waals surface area contributed by atoms with Gasteiger partial charge in [-0.3, -0.25) is 14.9 Å². The highest BCUT2D eigenvalue weighted by molar-refractivity contribution is 7.89. The summed E-state index contributed by atoms with van der Waals surface area (Å²) in [5.74, 6) is -1.04. The summed E-state index contributed by atoms with van der Waals surface area (Å²) in [6, 6.07) is -0.00327. The van der Waals surface area contributed by atoms with Crippen molar-refractivity contribution in [1.82, 2.24) is 4.72 Å². The number of hydrogen-bond acceptors (Lipinski definition) is 7. The molecule has 2 atom stereocenters. The fourth-order valence-corrected chi connectivity index (χ4v) is 3.00. The quantitative estimate of drug-likeness (QED) is 0.284. The van der Waals surface area contributed by atoms with E-state index in [2.05, 4.69) is 4.74 Å². The number of nitrogens with two attached hydrogens (primary N) is 1. The number of nitro groups is 1. The number of esters is 1. The first-order valence-corrected chi connectivity index (χ1v) is 8.70. The van der Waals surface area contributed by atoms with E-state index in [4.69, 9.17) is 5.73 Å². The summed E-state index contributed by atoms with van der Waals surface area (Å²) in [7, 11) is -3.32. The summed E-state index contributed by atoms with van der Waals surface area (Å²) in [6.45, 7) is 0. The number of nitro benzene ring substituents is 1. The molecule has 0 fully saturated rings. The Kier molecular flexibility index (Phi) is 7.45. The van der Waals surface area contributed by atoms with E-state index in [0.29, 0.717) is 6.08 Å². The molecule has 1 aromatic carbocycles. The smallest absolute Gasteiger partial charge is 0.407 e. The molecule has 1 rings (SSSR count). The van der Waals surface area contributed by atoms with Crippen LogP contribution in [0.3, 0.4) is 0 Å². The summed E-state index contributed by atoms with van der Waals surface area (Å²) in [4.78, 5) is 21.2. The van der Waals surface area contributed by atoms with Crippen LogP contribution in [0.25, 0.3) is 0 Å². The van der Waals surface area contributed by atoms with E-state index in [9.17, 15) is 36.5 Å². The van der Waals surface area contributed by atoms with Crippen molar-refractivity contribution in [2.75, 3.05) is 7.11 Å². The average molecular weight is 411 g/mol. The van der Waals surface area contributed by atoms with E-state index in [0.717, 1.165) is 37.5 Å². The molecule has 0 saturated carbocycles. The minimum absolute atomic E-state index is 0.345. The van der Waals surface area contributed by atoms with Crippen LogP contribution < -0.4 is 10.5 Å². The molecule has 1 unspecified atom stereocenters. The highest BCUT2D eigenvalue weighted by Crippen LogP contribution is 2.20. The van der Waals surface area contributed by atoms with Crippen LogP contribution in [0.15, 0.2) is 41.3 Å². The first-order valence-electron chi connectivity index (χ1n) is 7.22. The van der Waals surface area contributed by atoms with Gasteiger partial charge in [0.15, 0.2) is 0 Å². The number of carbonyl (C=O) groups is 1. The van der Waals surface area contributed by atoms with Crippen LogP contribution in [0.2, 0.25) is 0 Å². The molecule has 150 valence electrons. The number of non-ortho nitro benzene ring substituents is 1. The fourth-order valence-electron chi connectivity index (χ4n) is 1.81. The van der Waals surface area contributed by atoms with E-state index < -0.39 is 45.6 Å². The average Bonchev–Trinajstić information content (AvgIpc) is 2.59. The molecule has 0 saturated heterocycles. The molecule has 0 amide bonds. The number of benzene rings is 1. The number of nitrogens with one attached hydrogen (secondary N) is 1. The Hall–Kier alpha value is -2.51. The second kappa shape index (κ2) is 8.92. The van der Waals surface area contributed by atoms with Crippen molar-refractivity contribution >= 4 is 21.7 Å². The van der Waals surface area contributed by atoms with Gasteiger partial charge in [-0.1, -0.05) is 12.2 Å². The minimum Gasteiger partial charge on any atom is -0.468 e. The van der Waals surface area contributed by atoms with Crippen molar-refractivity contribution in [2.45, 2.75) is 29.6 Å². The Balaban J connectivity index is 2.96. The Labute approximate surface area is 152 Å². The van der Waals surface area contributed by atoms with Gasteiger partial charge >= 0.3 is 12.1 Å². The summed E-state index contributed by atoms with van der Waals surface area (Å²) in [5.41, 5.74) is 4.54. The molecular formula is C14H16F3N3O6S. The zero-order valence-electron chi connectivity index (χ0n) is 13.8. The van der Waals surface area contributed by atoms with E-state index in [1.54, 1.807) is 0 Å². The number of carbonyl (C=O) groups excluding carboxylic acids is 1. The molecule has 0 radical (unpaired) electrons. The lowest BCUT2D eigenvalue weighted by Crippen LogP contribution is -2.41. The number of methoxy groups -OCH3 is 1. The van der Waals surface area contributed by atoms with Crippen molar-refractivity contribution in [2.24, 2.45) is 5.73 Å². The topological polar surface area (TPSA) is 142 Å². The van der Waals surface area contributed by atoms with Crippen molar-refractivity contribution in [1.29, 1.82) is 0 Å². The number of rotatable bonds is 8. The maximum atomic E-state index is 12.4. The number of nitrogens with zero attached hydrogens (tertiary/aromatic N) is 1. The van der Waals surface area contributed by atoms with Crippen molar-refractivity contribution in [3.63, 3.8) is 0 Å². The van der Waals surface area contributed by atoms with Gasteiger partial charge in [0, 0.05) is 12.1 Å². The van der Waals surface area contributed by atoms with E-state index in [1.807, 2.05) is 4.72 Å². The Morgan fingerprint density at radius 3 is 2.37 bits per heavy atom. The molecule has 0 aliphatic heterocycles. The van der Waals surface area contributed by atoms with Gasteiger partial charge < -0.3 is 10.5 Å². The van der Waals surface area contributed by atoms with Gasteiger partial charge in [-0.05, 0) is 18.6 Å². The Morgan fingerprint density at radius 1 is 1.37 bits per heavy atom. The van der Waals surface area contributed by atoms with Gasteiger partial charge in [0.05, 0.1) is 16.9 Å². The SMILES string of the molecule is COC(=O)C(C/C=C/[C@@H](N)C(F)(F)F)NS(=O)(=O)c1ccc([N+](=O)[O-])cc1. The third kappa shape index (κ3) is 6.62. The summed E-state index contributed by atoms with van der Waals surface area (Å²) >= 11 is 0. The zero-order chi connectivity index (χ0) is 20.8. The van der Waals surface area contributed by atoms with Crippen molar-refractivity contribution < 1.29 is 36.0 Å². The van der Waals surface area contributed by atoms with Crippen LogP contribution in [0.1, 0.15) is 6.42 Å². The summed E-state index contributed by atoms with van der Waals surface area (Å²) in [6.07, 6.45) is -3.66. The van der Waals surface area contributed by atoms with Gasteiger partial charge in [0.1, 0.15) is 12.1 Å². The fraction of sp³-hybridized carbons (Fsp3) is 0.357. The van der Waals surface area contributed by atoms with Crippen LogP contribution in [0, 0.1) is 10.1 Å². The molecule has 0 spiro atoms. The highest BCUT2D eigenvalue weighted by Gasteiger charge is 2.34. The predicted octanol–water partition coefficient (Wildman–Crippen LogP) is 1.25. The first-order chi connectivity index (χ1) is 12.4. The molecule has 1 aromatic rings. The first kappa shape index (κ1) is 22.5. The minimum atomic E-state index is -4.68. The van der Waals surface area contributed by atoms with Crippen molar-refractivity contribution in [3.8, 4) is 0 Å². The van der Waals surface area contributed by atoms with Crippen LogP contribution in [0.4, 0.5) is 18.9 Å². The third-order valence-electron chi connectivity index (χ3n) is 3.23. The van der Waals surface area contributed by atoms with Crippen molar-refractivity contribution in [3.05, 3.63) is 46.5 Å². The second-order valence-electron chi connectivity index (χ2n) is 5.18. The molecule has 27 heavy (non-hydrogen) atoms. The lowest BCUT2D eigenvalue weighted by atomic mass is 10.2. The van der Waals surface area contributed by atoms with Gasteiger partial charge in [0.25, 0.3) is 5.69 Å². The van der Waals surface area contributed by atoms with E-state index in [1.165, 1.54) is 0 Å². The zero-order valence-corrected chi connectivity index (χ0v) is 14.7. The number of hydrogen-bond donors (Lipinski definition) is 2. The highest BCUT2D eigenvalue weighted by atomic mass is 32.2. The standard InChI is InChI=1S/C14H16F3N3O6S/c1-26-13(21)11(3-2-4-12(18)14(15,16)17)19-27(24,25)10-7-5-9(6-8-10)20(22)23/h2,4-8,11-12,19H,3,18H2,1H3/b4-2+/t11?,12-/m1/s1. The second-order valence-corrected chi connectivity index (χ2v) is 6.89. The normalized spacial score (nSPS) is 14.7. The molecule has 0 bridgehead atoms. The predicted molar refractivity (Wildman–Crippen MR) is 87.0 cm³/mol. The number of ether oxygens (including phenoxy) is 1. The molecule has 13 heteroatoms. The summed E-state index contributed by atoms with van der Waals surface area (Å²) < 4.78 is 68.0. The van der Waals surface area contributed by atoms with Gasteiger partial charge in [-0.15, -0.1) is 0 Å². The molecule has 0 aliphatic rings. The van der Waals surface area contributed by atoms with Crippen LogP contribution in [-0.2, 0) is 19.6 Å². The Bertz CT molecular complexity index is 808. The third-order valence-corrected chi connectivity index (χ3v) is 4.72. The van der Waals surface area contributed by atoms with E-state index in [-0.39, 0.29) is 10.6 Å². The number of sulfonamides is 1. The molecule has 0 aliphatic carbocycles. The lowest BCUT2D eigenvalue weighted by Gasteiger charge is -2.16. The van der Waals surface area contributed by atoms with E-state index >= 15 is 0 Å². The van der Waals surface area contributed by atoms with Gasteiger partial charge in [0.2, 0.25) is 10.0 Å². The van der Waals surface area contributed by atoms with Crippen LogP contribution in [0.5, 0.6) is 0 Å². The lowest BCUT2D eigenvalue weighted by molar-refractivity contribution is -0.384. The molecule has 9 nitrogen and oxygen atoms in total. The monoisotopic (exact) mass is 411 g/mol. The van der Waals surface area contributed by atoms with Crippen LogP contribution >= 0.6 is 0 Å². The molecular weight excluding hydrogens is 395 g/mol. The summed E-state index contributed by atoms with van der Waals surface area (Å²) in [5, 5.41) is 10.6. The molecule has 0 aromatic heterocycles. The largest absolute Gasteiger partial charge is 0.468 e. The Morgan fingerprint density at radius 2 is 1.93 bits per heavy atom. The molecule has 0 heterocycles.